The lowest BCUT2D eigenvalue weighted by atomic mass is 10.2. The average molecular weight is 286 g/mol. The van der Waals surface area contributed by atoms with Crippen molar-refractivity contribution in [1.82, 2.24) is 5.32 Å². The van der Waals surface area contributed by atoms with E-state index in [-0.39, 0.29) is 18.1 Å². The predicted molar refractivity (Wildman–Crippen MR) is 73.2 cm³/mol. The molecule has 0 aromatic rings. The third-order valence-corrected chi connectivity index (χ3v) is 2.36. The Kier molecular flexibility index (Phi) is 12.7. The van der Waals surface area contributed by atoms with Crippen molar-refractivity contribution >= 4 is 11.7 Å². The molecule has 0 unspecified atom stereocenters. The van der Waals surface area contributed by atoms with Crippen molar-refractivity contribution in [2.75, 3.05) is 39.5 Å². The number of nitrogens with zero attached hydrogens (tertiary/aromatic N) is 3. The Morgan fingerprint density at radius 3 is 2.50 bits per heavy atom. The van der Waals surface area contributed by atoms with E-state index in [1.807, 2.05) is 0 Å². The van der Waals surface area contributed by atoms with Crippen molar-refractivity contribution in [3.63, 3.8) is 0 Å². The molecule has 0 aromatic carbocycles. The van der Waals surface area contributed by atoms with Crippen molar-refractivity contribution in [2.45, 2.75) is 26.2 Å². The molecule has 8 nitrogen and oxygen atoms in total. The molecular weight excluding hydrogens is 264 g/mol. The average Bonchev–Trinajstić information content (AvgIpc) is 2.46. The number of ketones is 1. The van der Waals surface area contributed by atoms with Crippen LogP contribution in [0.3, 0.4) is 0 Å². The number of hydrogen-bond acceptors (Lipinski definition) is 5. The summed E-state index contributed by atoms with van der Waals surface area (Å²) >= 11 is 0. The Morgan fingerprint density at radius 1 is 1.15 bits per heavy atom. The number of rotatable bonds is 13. The first kappa shape index (κ1) is 18.4. The summed E-state index contributed by atoms with van der Waals surface area (Å²) in [5.41, 5.74) is 8.02. The number of Topliss-reactive ketones (excluding diaryl/α,β-unsaturated/α-hetero) is 1. The molecule has 1 amide bonds. The molecule has 0 saturated heterocycles. The molecule has 0 aliphatic heterocycles. The van der Waals surface area contributed by atoms with Crippen LogP contribution in [0.25, 0.3) is 10.4 Å². The molecule has 0 spiro atoms. The fourth-order valence-electron chi connectivity index (χ4n) is 1.25. The highest BCUT2D eigenvalue weighted by Gasteiger charge is 2.04. The van der Waals surface area contributed by atoms with Gasteiger partial charge in [-0.2, -0.15) is 0 Å². The molecule has 1 N–H and O–H groups in total. The van der Waals surface area contributed by atoms with E-state index in [1.54, 1.807) is 6.92 Å². The van der Waals surface area contributed by atoms with Gasteiger partial charge < -0.3 is 14.8 Å². The molecule has 0 bridgehead atoms. The first-order chi connectivity index (χ1) is 9.70. The first-order valence-corrected chi connectivity index (χ1v) is 6.65. The highest BCUT2D eigenvalue weighted by Crippen LogP contribution is 1.94. The van der Waals surface area contributed by atoms with Crippen LogP contribution in [-0.2, 0) is 19.1 Å². The van der Waals surface area contributed by atoms with E-state index in [0.29, 0.717) is 52.4 Å². The Bertz CT molecular complexity index is 329. The number of nitrogens with one attached hydrogen (secondary N) is 1. The molecule has 0 rings (SSSR count). The minimum atomic E-state index is -0.138. The lowest BCUT2D eigenvalue weighted by Gasteiger charge is -2.06. The number of amides is 1. The largest absolute Gasteiger partial charge is 0.379 e. The van der Waals surface area contributed by atoms with Gasteiger partial charge in [-0.1, -0.05) is 12.0 Å². The molecular formula is C12H22N4O4. The molecule has 0 aromatic heterocycles. The van der Waals surface area contributed by atoms with Crippen molar-refractivity contribution in [3.8, 4) is 0 Å². The second kappa shape index (κ2) is 13.8. The van der Waals surface area contributed by atoms with E-state index in [0.717, 1.165) is 0 Å². The van der Waals surface area contributed by atoms with E-state index in [4.69, 9.17) is 15.0 Å². The summed E-state index contributed by atoms with van der Waals surface area (Å²) in [7, 11) is 0. The fourth-order valence-corrected chi connectivity index (χ4v) is 1.25. The van der Waals surface area contributed by atoms with E-state index < -0.39 is 0 Å². The van der Waals surface area contributed by atoms with Crippen LogP contribution in [0, 0.1) is 0 Å². The zero-order valence-electron chi connectivity index (χ0n) is 11.8. The van der Waals surface area contributed by atoms with Gasteiger partial charge in [0.15, 0.2) is 0 Å². The van der Waals surface area contributed by atoms with Crippen LogP contribution >= 0.6 is 0 Å². The minimum absolute atomic E-state index is 0.0919. The summed E-state index contributed by atoms with van der Waals surface area (Å²) in [4.78, 5) is 24.9. The third-order valence-electron chi connectivity index (χ3n) is 2.36. The summed E-state index contributed by atoms with van der Waals surface area (Å²) in [6.45, 7) is 4.10. The monoisotopic (exact) mass is 286 g/mol. The summed E-state index contributed by atoms with van der Waals surface area (Å²) in [5.74, 6) is -0.0460. The highest BCUT2D eigenvalue weighted by atomic mass is 16.5. The van der Waals surface area contributed by atoms with Crippen LogP contribution in [-0.4, -0.2) is 51.2 Å². The molecule has 0 atom stereocenters. The Labute approximate surface area is 118 Å². The minimum Gasteiger partial charge on any atom is -0.379 e. The van der Waals surface area contributed by atoms with Crippen molar-refractivity contribution in [1.29, 1.82) is 0 Å². The van der Waals surface area contributed by atoms with Crippen LogP contribution in [0.2, 0.25) is 0 Å². The maximum Gasteiger partial charge on any atom is 0.220 e. The molecule has 0 radical (unpaired) electrons. The number of carbonyl (C=O) groups is 2. The Balaban J connectivity index is 3.25. The van der Waals surface area contributed by atoms with Gasteiger partial charge in [0, 0.05) is 37.3 Å². The van der Waals surface area contributed by atoms with Gasteiger partial charge in [-0.15, -0.1) is 0 Å². The Morgan fingerprint density at radius 2 is 1.85 bits per heavy atom. The van der Waals surface area contributed by atoms with Gasteiger partial charge in [-0.25, -0.2) is 0 Å². The van der Waals surface area contributed by atoms with Gasteiger partial charge in [0.2, 0.25) is 5.91 Å². The second-order valence-corrected chi connectivity index (χ2v) is 3.92. The van der Waals surface area contributed by atoms with Gasteiger partial charge in [0.05, 0.1) is 26.4 Å². The summed E-state index contributed by atoms with van der Waals surface area (Å²) < 4.78 is 10.4. The second-order valence-electron chi connectivity index (χ2n) is 3.92. The number of hydrogen-bond donors (Lipinski definition) is 1. The standard InChI is InChI=1S/C12H22N4O4/c1-2-11(17)3-4-12(18)14-5-7-19-9-10-20-8-6-15-16-13/h2-10H2,1H3,(H,14,18). The topological polar surface area (TPSA) is 113 Å². The maximum absolute atomic E-state index is 11.3. The van der Waals surface area contributed by atoms with Crippen molar-refractivity contribution in [2.24, 2.45) is 5.11 Å². The van der Waals surface area contributed by atoms with E-state index in [1.165, 1.54) is 0 Å². The molecule has 114 valence electrons. The molecule has 0 aliphatic carbocycles. The van der Waals surface area contributed by atoms with Crippen LogP contribution < -0.4 is 5.32 Å². The van der Waals surface area contributed by atoms with Gasteiger partial charge in [0.1, 0.15) is 5.78 Å². The number of carbonyl (C=O) groups excluding carboxylic acids is 2. The van der Waals surface area contributed by atoms with E-state index in [2.05, 4.69) is 15.3 Å². The molecule has 0 aliphatic rings. The fraction of sp³-hybridized carbons (Fsp3) is 0.833. The molecule has 0 saturated carbocycles. The SMILES string of the molecule is CCC(=O)CCC(=O)NCCOCCOCCN=[N+]=[N-]. The first-order valence-electron chi connectivity index (χ1n) is 6.65. The van der Waals surface area contributed by atoms with Crippen LogP contribution in [0.15, 0.2) is 5.11 Å². The zero-order chi connectivity index (χ0) is 15.1. The van der Waals surface area contributed by atoms with Crippen molar-refractivity contribution < 1.29 is 19.1 Å². The molecule has 0 heterocycles. The van der Waals surface area contributed by atoms with E-state index >= 15 is 0 Å². The molecule has 0 fully saturated rings. The number of ether oxygens (including phenoxy) is 2. The van der Waals surface area contributed by atoms with Crippen LogP contribution in [0.5, 0.6) is 0 Å². The summed E-state index contributed by atoms with van der Waals surface area (Å²) in [6.07, 6.45) is 0.994. The molecule has 8 heteroatoms. The van der Waals surface area contributed by atoms with E-state index in [9.17, 15) is 9.59 Å². The Hall–Kier alpha value is -1.63. The van der Waals surface area contributed by atoms with Gasteiger partial charge in [-0.05, 0) is 5.53 Å². The van der Waals surface area contributed by atoms with Gasteiger partial charge >= 0.3 is 0 Å². The van der Waals surface area contributed by atoms with Crippen LogP contribution in [0.1, 0.15) is 26.2 Å². The zero-order valence-corrected chi connectivity index (χ0v) is 11.8. The van der Waals surface area contributed by atoms with Gasteiger partial charge in [-0.3, -0.25) is 9.59 Å². The van der Waals surface area contributed by atoms with Crippen molar-refractivity contribution in [3.05, 3.63) is 10.4 Å². The quantitative estimate of drug-likeness (QED) is 0.237. The highest BCUT2D eigenvalue weighted by molar-refractivity contribution is 5.84. The maximum atomic E-state index is 11.3. The lowest BCUT2D eigenvalue weighted by molar-refractivity contribution is -0.125. The number of azide groups is 1. The lowest BCUT2D eigenvalue weighted by Crippen LogP contribution is -2.27. The molecule has 20 heavy (non-hydrogen) atoms. The normalized spacial score (nSPS) is 9.85. The third kappa shape index (κ3) is 12.8. The van der Waals surface area contributed by atoms with Gasteiger partial charge in [0.25, 0.3) is 0 Å². The van der Waals surface area contributed by atoms with Crippen LogP contribution in [0.4, 0.5) is 0 Å². The summed E-state index contributed by atoms with van der Waals surface area (Å²) in [5, 5.41) is 5.99. The predicted octanol–water partition coefficient (Wildman–Crippen LogP) is 1.21. The smallest absolute Gasteiger partial charge is 0.220 e. The summed E-state index contributed by atoms with van der Waals surface area (Å²) in [6, 6.07) is 0.